The Kier molecular flexibility index (Phi) is 7.41. The molecule has 6 heteroatoms. The summed E-state index contributed by atoms with van der Waals surface area (Å²) in [4.78, 5) is 23.4. The smallest absolute Gasteiger partial charge is 0.306 e. The third-order valence-electron chi connectivity index (χ3n) is 3.48. The van der Waals surface area contributed by atoms with Gasteiger partial charge in [0.05, 0.1) is 18.1 Å². The van der Waals surface area contributed by atoms with Gasteiger partial charge in [-0.05, 0) is 36.6 Å². The van der Waals surface area contributed by atoms with Crippen LogP contribution in [0, 0.1) is 5.82 Å². The van der Waals surface area contributed by atoms with Crippen molar-refractivity contribution in [1.82, 2.24) is 0 Å². The molecule has 0 saturated heterocycles. The van der Waals surface area contributed by atoms with E-state index >= 15 is 0 Å². The highest BCUT2D eigenvalue weighted by molar-refractivity contribution is 6.31. The van der Waals surface area contributed by atoms with Crippen LogP contribution in [0.25, 0.3) is 0 Å². The number of amides is 1. The van der Waals surface area contributed by atoms with Crippen molar-refractivity contribution in [1.29, 1.82) is 0 Å². The number of ether oxygens (including phenoxy) is 1. The summed E-state index contributed by atoms with van der Waals surface area (Å²) in [6.07, 6.45) is 1.55. The van der Waals surface area contributed by atoms with E-state index in [1.54, 1.807) is 0 Å². The first-order chi connectivity index (χ1) is 12.0. The van der Waals surface area contributed by atoms with E-state index in [1.165, 1.54) is 23.8 Å². The van der Waals surface area contributed by atoms with Gasteiger partial charge in [0.15, 0.2) is 0 Å². The fraction of sp³-hybridized carbons (Fsp3) is 0.263. The minimum atomic E-state index is -0.557. The molecule has 0 heterocycles. The Morgan fingerprint density at radius 2 is 1.84 bits per heavy atom. The molecule has 25 heavy (non-hydrogen) atoms. The number of anilines is 1. The highest BCUT2D eigenvalue weighted by Crippen LogP contribution is 2.19. The molecular weight excluding hydrogens is 345 g/mol. The quantitative estimate of drug-likeness (QED) is 0.559. The van der Waals surface area contributed by atoms with Gasteiger partial charge in [-0.15, -0.1) is 0 Å². The molecule has 2 rings (SSSR count). The van der Waals surface area contributed by atoms with Crippen molar-refractivity contribution in [2.75, 3.05) is 11.9 Å². The summed E-state index contributed by atoms with van der Waals surface area (Å²) in [7, 11) is 0. The van der Waals surface area contributed by atoms with E-state index in [0.29, 0.717) is 12.3 Å². The van der Waals surface area contributed by atoms with Gasteiger partial charge in [-0.2, -0.15) is 0 Å². The van der Waals surface area contributed by atoms with E-state index in [4.69, 9.17) is 16.3 Å². The standard InChI is InChI=1S/C19H19ClFNO3/c20-16-13-15(8-9-17(16)21)22-18(23)10-11-19(24)25-12-4-7-14-5-2-1-3-6-14/h1-3,5-6,8-9,13H,4,7,10-12H2,(H,22,23). The number of rotatable bonds is 8. The summed E-state index contributed by atoms with van der Waals surface area (Å²) >= 11 is 5.64. The molecule has 2 aromatic rings. The van der Waals surface area contributed by atoms with Crippen molar-refractivity contribution < 1.29 is 18.7 Å². The Balaban J connectivity index is 1.62. The zero-order chi connectivity index (χ0) is 18.1. The summed E-state index contributed by atoms with van der Waals surface area (Å²) in [5, 5.41) is 2.48. The fourth-order valence-corrected chi connectivity index (χ4v) is 2.37. The molecule has 2 aromatic carbocycles. The Morgan fingerprint density at radius 1 is 1.08 bits per heavy atom. The molecule has 0 bridgehead atoms. The third-order valence-corrected chi connectivity index (χ3v) is 3.76. The van der Waals surface area contributed by atoms with Gasteiger partial charge in [-0.25, -0.2) is 4.39 Å². The average molecular weight is 364 g/mol. The molecule has 0 aliphatic carbocycles. The number of esters is 1. The van der Waals surface area contributed by atoms with E-state index in [1.807, 2.05) is 30.3 Å². The molecule has 132 valence electrons. The SMILES string of the molecule is O=C(CCC(=O)OCCCc1ccccc1)Nc1ccc(F)c(Cl)c1. The Morgan fingerprint density at radius 3 is 2.56 bits per heavy atom. The van der Waals surface area contributed by atoms with Crippen LogP contribution in [0.15, 0.2) is 48.5 Å². The number of hydrogen-bond donors (Lipinski definition) is 1. The Bertz CT molecular complexity index is 722. The van der Waals surface area contributed by atoms with Crippen molar-refractivity contribution in [2.24, 2.45) is 0 Å². The maximum absolute atomic E-state index is 13.0. The summed E-state index contributed by atoms with van der Waals surface area (Å²) in [5.41, 5.74) is 1.57. The Labute approximate surface area is 150 Å². The number of aryl methyl sites for hydroxylation is 1. The van der Waals surface area contributed by atoms with E-state index in [0.717, 1.165) is 12.8 Å². The normalized spacial score (nSPS) is 10.3. The van der Waals surface area contributed by atoms with Gasteiger partial charge in [0, 0.05) is 12.1 Å². The van der Waals surface area contributed by atoms with Crippen LogP contribution >= 0.6 is 11.6 Å². The van der Waals surface area contributed by atoms with Crippen molar-refractivity contribution in [3.63, 3.8) is 0 Å². The first-order valence-corrected chi connectivity index (χ1v) is 8.37. The van der Waals surface area contributed by atoms with Gasteiger partial charge in [-0.3, -0.25) is 9.59 Å². The van der Waals surface area contributed by atoms with Gasteiger partial charge in [0.25, 0.3) is 0 Å². The lowest BCUT2D eigenvalue weighted by Crippen LogP contribution is -2.15. The molecule has 4 nitrogen and oxygen atoms in total. The third kappa shape index (κ3) is 6.93. The second-order valence-corrected chi connectivity index (χ2v) is 5.89. The molecule has 0 unspecified atom stereocenters. The summed E-state index contributed by atoms with van der Waals surface area (Å²) < 4.78 is 18.1. The average Bonchev–Trinajstić information content (AvgIpc) is 2.61. The molecular formula is C19H19ClFNO3. The Hall–Kier alpha value is -2.40. The summed E-state index contributed by atoms with van der Waals surface area (Å²) in [6, 6.07) is 13.8. The largest absolute Gasteiger partial charge is 0.466 e. The number of halogens is 2. The lowest BCUT2D eigenvalue weighted by Gasteiger charge is -2.07. The lowest BCUT2D eigenvalue weighted by atomic mass is 10.1. The van der Waals surface area contributed by atoms with Crippen LogP contribution in [-0.2, 0) is 20.7 Å². The fourth-order valence-electron chi connectivity index (χ4n) is 2.19. The van der Waals surface area contributed by atoms with Crippen LogP contribution < -0.4 is 5.32 Å². The predicted octanol–water partition coefficient (Wildman–Crippen LogP) is 4.37. The number of carbonyl (C=O) groups is 2. The topological polar surface area (TPSA) is 55.4 Å². The van der Waals surface area contributed by atoms with Crippen LogP contribution in [0.4, 0.5) is 10.1 Å². The van der Waals surface area contributed by atoms with Crippen molar-refractivity contribution in [3.05, 3.63) is 64.9 Å². The highest BCUT2D eigenvalue weighted by Gasteiger charge is 2.09. The molecule has 1 N–H and O–H groups in total. The van der Waals surface area contributed by atoms with Gasteiger partial charge in [-0.1, -0.05) is 41.9 Å². The second kappa shape index (κ2) is 9.79. The predicted molar refractivity (Wildman–Crippen MR) is 95.0 cm³/mol. The first-order valence-electron chi connectivity index (χ1n) is 7.99. The van der Waals surface area contributed by atoms with Crippen LogP contribution in [0.3, 0.4) is 0 Å². The molecule has 0 aliphatic rings. The first kappa shape index (κ1) is 18.9. The zero-order valence-corrected chi connectivity index (χ0v) is 14.4. The van der Waals surface area contributed by atoms with Crippen LogP contribution in [0.2, 0.25) is 5.02 Å². The highest BCUT2D eigenvalue weighted by atomic mass is 35.5. The van der Waals surface area contributed by atoms with E-state index in [2.05, 4.69) is 5.32 Å². The van der Waals surface area contributed by atoms with Gasteiger partial charge in [0.1, 0.15) is 5.82 Å². The van der Waals surface area contributed by atoms with Crippen molar-refractivity contribution >= 4 is 29.2 Å². The molecule has 0 saturated carbocycles. The van der Waals surface area contributed by atoms with Crippen molar-refractivity contribution in [2.45, 2.75) is 25.7 Å². The van der Waals surface area contributed by atoms with Crippen molar-refractivity contribution in [3.8, 4) is 0 Å². The van der Waals surface area contributed by atoms with Gasteiger partial charge in [0.2, 0.25) is 5.91 Å². The minimum Gasteiger partial charge on any atom is -0.466 e. The summed E-state index contributed by atoms with van der Waals surface area (Å²) in [6.45, 7) is 0.322. The summed E-state index contributed by atoms with van der Waals surface area (Å²) in [5.74, 6) is -1.33. The van der Waals surface area contributed by atoms with E-state index in [-0.39, 0.29) is 23.8 Å². The van der Waals surface area contributed by atoms with Gasteiger partial charge >= 0.3 is 5.97 Å². The molecule has 0 spiro atoms. The number of nitrogens with one attached hydrogen (secondary N) is 1. The van der Waals surface area contributed by atoms with Gasteiger partial charge < -0.3 is 10.1 Å². The molecule has 0 radical (unpaired) electrons. The molecule has 0 fully saturated rings. The lowest BCUT2D eigenvalue weighted by molar-refractivity contribution is -0.144. The molecule has 0 aromatic heterocycles. The minimum absolute atomic E-state index is 0.00743. The maximum atomic E-state index is 13.0. The van der Waals surface area contributed by atoms with E-state index < -0.39 is 11.8 Å². The van der Waals surface area contributed by atoms with Crippen LogP contribution in [0.1, 0.15) is 24.8 Å². The molecule has 0 aliphatic heterocycles. The number of hydrogen-bond acceptors (Lipinski definition) is 3. The number of carbonyl (C=O) groups excluding carboxylic acids is 2. The number of benzene rings is 2. The zero-order valence-electron chi connectivity index (χ0n) is 13.6. The molecule has 1 amide bonds. The van der Waals surface area contributed by atoms with E-state index in [9.17, 15) is 14.0 Å². The van der Waals surface area contributed by atoms with Crippen LogP contribution in [-0.4, -0.2) is 18.5 Å². The molecule has 0 atom stereocenters. The monoisotopic (exact) mass is 363 g/mol. The maximum Gasteiger partial charge on any atom is 0.306 e. The second-order valence-electron chi connectivity index (χ2n) is 5.49. The van der Waals surface area contributed by atoms with Crippen LogP contribution in [0.5, 0.6) is 0 Å².